The summed E-state index contributed by atoms with van der Waals surface area (Å²) >= 11 is 6.71. The van der Waals surface area contributed by atoms with Gasteiger partial charge in [0, 0.05) is 34.8 Å². The van der Waals surface area contributed by atoms with Crippen molar-refractivity contribution in [2.75, 3.05) is 6.79 Å². The van der Waals surface area contributed by atoms with E-state index in [9.17, 15) is 9.59 Å². The van der Waals surface area contributed by atoms with Gasteiger partial charge < -0.3 is 19.5 Å². The minimum Gasteiger partial charge on any atom is -0.457 e. The van der Waals surface area contributed by atoms with Gasteiger partial charge in [-0.2, -0.15) is 0 Å². The van der Waals surface area contributed by atoms with Crippen molar-refractivity contribution >= 4 is 23.4 Å². The second-order valence-electron chi connectivity index (χ2n) is 9.64. The van der Waals surface area contributed by atoms with E-state index in [2.05, 4.69) is 11.4 Å². The van der Waals surface area contributed by atoms with Gasteiger partial charge in [-0.05, 0) is 29.5 Å². The van der Waals surface area contributed by atoms with E-state index in [0.29, 0.717) is 39.8 Å². The monoisotopic (exact) mass is 479 g/mol. The smallest absolute Gasteiger partial charge is 0.336 e. The van der Waals surface area contributed by atoms with Gasteiger partial charge in [0.15, 0.2) is 11.5 Å². The Bertz CT molecular complexity index is 1230. The lowest BCUT2D eigenvalue weighted by molar-refractivity contribution is -0.141. The first kappa shape index (κ1) is 22.5. The summed E-state index contributed by atoms with van der Waals surface area (Å²) in [5.74, 6) is -0.528. The standard InChI is InChI=1S/C27H26ClNO5/c1-15-23(26(31)32-13-16-7-5-4-6-8-16)24(17-9-21-22(10-18(17)28)34-14-33-21)25-19(29-15)11-27(2,3)12-20(25)30/h4-11,24-25,29H,12-14H2,1-3H3. The van der Waals surface area contributed by atoms with Crippen LogP contribution in [0.25, 0.3) is 0 Å². The van der Waals surface area contributed by atoms with E-state index in [1.807, 2.05) is 51.1 Å². The van der Waals surface area contributed by atoms with Crippen LogP contribution in [0.3, 0.4) is 0 Å². The summed E-state index contributed by atoms with van der Waals surface area (Å²) in [6.07, 6.45) is 2.45. The number of benzene rings is 2. The number of allylic oxidation sites excluding steroid dienone is 3. The molecule has 5 rings (SSSR count). The van der Waals surface area contributed by atoms with Crippen molar-refractivity contribution in [1.29, 1.82) is 0 Å². The van der Waals surface area contributed by atoms with Crippen LogP contribution in [-0.2, 0) is 20.9 Å². The molecule has 0 spiro atoms. The van der Waals surface area contributed by atoms with E-state index in [1.54, 1.807) is 12.1 Å². The molecule has 0 saturated carbocycles. The molecule has 1 aliphatic carbocycles. The number of esters is 1. The van der Waals surface area contributed by atoms with E-state index in [0.717, 1.165) is 11.3 Å². The highest BCUT2D eigenvalue weighted by atomic mass is 35.5. The predicted molar refractivity (Wildman–Crippen MR) is 127 cm³/mol. The number of hydrogen-bond donors (Lipinski definition) is 1. The molecule has 0 aromatic heterocycles. The third-order valence-electron chi connectivity index (χ3n) is 6.50. The number of ether oxygens (including phenoxy) is 3. The predicted octanol–water partition coefficient (Wildman–Crippen LogP) is 5.27. The average Bonchev–Trinajstić information content (AvgIpc) is 3.23. The lowest BCUT2D eigenvalue weighted by atomic mass is 9.66. The first-order valence-corrected chi connectivity index (χ1v) is 11.6. The fraction of sp³-hybridized carbons (Fsp3) is 0.333. The normalized spacial score (nSPS) is 22.6. The van der Waals surface area contributed by atoms with Crippen LogP contribution in [0.15, 0.2) is 65.5 Å². The molecule has 34 heavy (non-hydrogen) atoms. The molecule has 1 N–H and O–H groups in total. The SMILES string of the molecule is CC1=C(C(=O)OCc2ccccc2)C(c2cc3c(cc2Cl)OCO3)C2C(=O)CC(C)(C)C=C2N1. The average molecular weight is 480 g/mol. The van der Waals surface area contributed by atoms with E-state index in [-0.39, 0.29) is 24.6 Å². The van der Waals surface area contributed by atoms with Crippen molar-refractivity contribution in [3.8, 4) is 11.5 Å². The van der Waals surface area contributed by atoms with Gasteiger partial charge in [0.25, 0.3) is 0 Å². The molecule has 0 fully saturated rings. The van der Waals surface area contributed by atoms with Crippen LogP contribution in [0.1, 0.15) is 44.2 Å². The second kappa shape index (κ2) is 8.51. The molecule has 176 valence electrons. The van der Waals surface area contributed by atoms with Gasteiger partial charge in [0.1, 0.15) is 12.4 Å². The highest BCUT2D eigenvalue weighted by Gasteiger charge is 2.47. The Kier molecular flexibility index (Phi) is 5.64. The summed E-state index contributed by atoms with van der Waals surface area (Å²) in [4.78, 5) is 26.9. The molecule has 2 aliphatic heterocycles. The van der Waals surface area contributed by atoms with Gasteiger partial charge in [-0.15, -0.1) is 0 Å². The van der Waals surface area contributed by atoms with Crippen LogP contribution in [0.2, 0.25) is 5.02 Å². The van der Waals surface area contributed by atoms with Crippen molar-refractivity contribution in [3.05, 3.63) is 81.7 Å². The summed E-state index contributed by atoms with van der Waals surface area (Å²) in [7, 11) is 0. The Labute approximate surface area is 203 Å². The highest BCUT2D eigenvalue weighted by molar-refractivity contribution is 6.31. The maximum absolute atomic E-state index is 13.5. The lowest BCUT2D eigenvalue weighted by Gasteiger charge is -2.41. The third-order valence-corrected chi connectivity index (χ3v) is 6.83. The zero-order chi connectivity index (χ0) is 24.0. The van der Waals surface area contributed by atoms with Crippen molar-refractivity contribution < 1.29 is 23.8 Å². The van der Waals surface area contributed by atoms with Gasteiger partial charge >= 0.3 is 5.97 Å². The lowest BCUT2D eigenvalue weighted by Crippen LogP contribution is -2.43. The Balaban J connectivity index is 1.60. The maximum atomic E-state index is 13.5. The molecule has 0 radical (unpaired) electrons. The minimum atomic E-state index is -0.610. The Morgan fingerprint density at radius 2 is 1.85 bits per heavy atom. The van der Waals surface area contributed by atoms with Crippen molar-refractivity contribution in [2.24, 2.45) is 11.3 Å². The first-order chi connectivity index (χ1) is 16.2. The molecule has 2 heterocycles. The van der Waals surface area contributed by atoms with Crippen LogP contribution in [0.5, 0.6) is 11.5 Å². The van der Waals surface area contributed by atoms with Crippen molar-refractivity contribution in [3.63, 3.8) is 0 Å². The number of fused-ring (bicyclic) bond motifs is 2. The van der Waals surface area contributed by atoms with Crippen LogP contribution in [0.4, 0.5) is 0 Å². The number of nitrogens with one attached hydrogen (secondary N) is 1. The molecule has 0 bridgehead atoms. The van der Waals surface area contributed by atoms with Gasteiger partial charge in [0.05, 0.1) is 11.5 Å². The summed E-state index contributed by atoms with van der Waals surface area (Å²) in [5.41, 5.74) is 3.06. The highest BCUT2D eigenvalue weighted by Crippen LogP contribution is 2.50. The van der Waals surface area contributed by atoms with Gasteiger partial charge in [0.2, 0.25) is 6.79 Å². The van der Waals surface area contributed by atoms with E-state index in [4.69, 9.17) is 25.8 Å². The van der Waals surface area contributed by atoms with E-state index >= 15 is 0 Å². The van der Waals surface area contributed by atoms with Crippen LogP contribution in [0, 0.1) is 11.3 Å². The Morgan fingerprint density at radius 3 is 2.59 bits per heavy atom. The summed E-state index contributed by atoms with van der Waals surface area (Å²) in [6.45, 7) is 6.12. The maximum Gasteiger partial charge on any atom is 0.336 e. The number of rotatable bonds is 4. The summed E-state index contributed by atoms with van der Waals surface area (Å²) < 4.78 is 16.8. The van der Waals surface area contributed by atoms with Gasteiger partial charge in [-0.1, -0.05) is 61.9 Å². The molecular formula is C27H26ClNO5. The molecular weight excluding hydrogens is 454 g/mol. The van der Waals surface area contributed by atoms with Crippen molar-refractivity contribution in [2.45, 2.75) is 39.7 Å². The Morgan fingerprint density at radius 1 is 1.15 bits per heavy atom. The zero-order valence-corrected chi connectivity index (χ0v) is 20.1. The first-order valence-electron chi connectivity index (χ1n) is 11.3. The van der Waals surface area contributed by atoms with Crippen LogP contribution >= 0.6 is 11.6 Å². The number of carbonyl (C=O) groups is 2. The molecule has 0 amide bonds. The number of Topliss-reactive ketones (excluding diaryl/α,β-unsaturated/α-hetero) is 1. The number of carbonyl (C=O) groups excluding carboxylic acids is 2. The molecule has 6 nitrogen and oxygen atoms in total. The molecule has 2 aromatic carbocycles. The van der Waals surface area contributed by atoms with Crippen LogP contribution in [-0.4, -0.2) is 18.5 Å². The topological polar surface area (TPSA) is 73.9 Å². The molecule has 2 aromatic rings. The number of hydrogen-bond acceptors (Lipinski definition) is 6. The van der Waals surface area contributed by atoms with Crippen molar-refractivity contribution in [1.82, 2.24) is 5.32 Å². The molecule has 2 unspecified atom stereocenters. The van der Waals surface area contributed by atoms with Gasteiger partial charge in [-0.3, -0.25) is 4.79 Å². The molecule has 3 aliphatic rings. The molecule has 2 atom stereocenters. The van der Waals surface area contributed by atoms with Gasteiger partial charge in [-0.25, -0.2) is 4.79 Å². The Hall–Kier alpha value is -3.25. The molecule has 0 saturated heterocycles. The minimum absolute atomic E-state index is 0.0505. The second-order valence-corrected chi connectivity index (χ2v) is 10.0. The summed E-state index contributed by atoms with van der Waals surface area (Å²) in [6, 6.07) is 13.0. The molecule has 7 heteroatoms. The number of halogens is 1. The quantitative estimate of drug-likeness (QED) is 0.602. The largest absolute Gasteiger partial charge is 0.457 e. The fourth-order valence-electron chi connectivity index (χ4n) is 5.04. The van der Waals surface area contributed by atoms with E-state index in [1.165, 1.54) is 0 Å². The fourth-order valence-corrected chi connectivity index (χ4v) is 5.32. The van der Waals surface area contributed by atoms with Crippen LogP contribution < -0.4 is 14.8 Å². The zero-order valence-electron chi connectivity index (χ0n) is 19.3. The third kappa shape index (κ3) is 4.07. The van der Waals surface area contributed by atoms with E-state index < -0.39 is 17.8 Å². The summed E-state index contributed by atoms with van der Waals surface area (Å²) in [5, 5.41) is 3.74. The number of ketones is 1.